The summed E-state index contributed by atoms with van der Waals surface area (Å²) in [5.41, 5.74) is 5.55. The van der Waals surface area contributed by atoms with Crippen LogP contribution in [0.4, 0.5) is 0 Å². The van der Waals surface area contributed by atoms with Gasteiger partial charge in [0, 0.05) is 19.6 Å². The van der Waals surface area contributed by atoms with E-state index < -0.39 is 0 Å². The number of amides is 1. The first-order chi connectivity index (χ1) is 6.70. The molecule has 0 bridgehead atoms. The number of hydrogen-bond acceptors (Lipinski definition) is 2. The van der Waals surface area contributed by atoms with Crippen molar-refractivity contribution in [3.63, 3.8) is 0 Å². The SMILES string of the molecule is CCN(CC)C(=O)C1(CN)CCCC1. The van der Waals surface area contributed by atoms with Crippen LogP contribution in [0.3, 0.4) is 0 Å². The van der Waals surface area contributed by atoms with Crippen molar-refractivity contribution < 1.29 is 4.79 Å². The van der Waals surface area contributed by atoms with Crippen LogP contribution in [-0.2, 0) is 4.79 Å². The summed E-state index contributed by atoms with van der Waals surface area (Å²) in [5.74, 6) is 0.280. The average molecular weight is 198 g/mol. The fraction of sp³-hybridized carbons (Fsp3) is 0.909. The lowest BCUT2D eigenvalue weighted by Gasteiger charge is -2.32. The number of carbonyl (C=O) groups excluding carboxylic acids is 1. The molecule has 82 valence electrons. The van der Waals surface area contributed by atoms with Gasteiger partial charge in [0.2, 0.25) is 5.91 Å². The van der Waals surface area contributed by atoms with Gasteiger partial charge in [0.15, 0.2) is 0 Å². The molecule has 1 aliphatic rings. The van der Waals surface area contributed by atoms with Gasteiger partial charge in [-0.2, -0.15) is 0 Å². The molecule has 1 aliphatic carbocycles. The van der Waals surface area contributed by atoms with E-state index in [0.717, 1.165) is 38.8 Å². The molecule has 1 rings (SSSR count). The molecule has 2 N–H and O–H groups in total. The minimum Gasteiger partial charge on any atom is -0.343 e. The number of carbonyl (C=O) groups is 1. The third-order valence-corrected chi connectivity index (χ3v) is 3.46. The maximum Gasteiger partial charge on any atom is 0.230 e. The van der Waals surface area contributed by atoms with Crippen LogP contribution in [0.25, 0.3) is 0 Å². The summed E-state index contributed by atoms with van der Waals surface area (Å²) in [7, 11) is 0. The maximum atomic E-state index is 12.2. The Kier molecular flexibility index (Phi) is 3.93. The van der Waals surface area contributed by atoms with Crippen molar-refractivity contribution in [2.24, 2.45) is 11.1 Å². The Labute approximate surface area is 86.6 Å². The van der Waals surface area contributed by atoms with Crippen LogP contribution in [0.1, 0.15) is 39.5 Å². The zero-order valence-electron chi connectivity index (χ0n) is 9.38. The first-order valence-corrected chi connectivity index (χ1v) is 5.69. The first-order valence-electron chi connectivity index (χ1n) is 5.69. The maximum absolute atomic E-state index is 12.2. The molecule has 0 saturated heterocycles. The lowest BCUT2D eigenvalue weighted by atomic mass is 9.84. The van der Waals surface area contributed by atoms with Crippen LogP contribution in [0.2, 0.25) is 0 Å². The Hall–Kier alpha value is -0.570. The predicted octanol–water partition coefficient (Wildman–Crippen LogP) is 1.37. The van der Waals surface area contributed by atoms with Crippen LogP contribution in [0, 0.1) is 5.41 Å². The number of nitrogens with two attached hydrogens (primary N) is 1. The Balaban J connectivity index is 2.73. The second-order valence-electron chi connectivity index (χ2n) is 4.17. The van der Waals surface area contributed by atoms with E-state index in [4.69, 9.17) is 5.73 Å². The van der Waals surface area contributed by atoms with Crippen LogP contribution < -0.4 is 5.73 Å². The normalized spacial score (nSPS) is 19.6. The number of rotatable bonds is 4. The largest absolute Gasteiger partial charge is 0.343 e. The van der Waals surface area contributed by atoms with Crippen molar-refractivity contribution in [1.29, 1.82) is 0 Å². The van der Waals surface area contributed by atoms with E-state index in [0.29, 0.717) is 6.54 Å². The Morgan fingerprint density at radius 3 is 2.14 bits per heavy atom. The Bertz CT molecular complexity index is 193. The van der Waals surface area contributed by atoms with E-state index in [1.54, 1.807) is 0 Å². The van der Waals surface area contributed by atoms with Gasteiger partial charge in [0.1, 0.15) is 0 Å². The van der Waals surface area contributed by atoms with Gasteiger partial charge in [-0.15, -0.1) is 0 Å². The van der Waals surface area contributed by atoms with E-state index in [1.807, 2.05) is 18.7 Å². The van der Waals surface area contributed by atoms with E-state index >= 15 is 0 Å². The number of hydrogen-bond donors (Lipinski definition) is 1. The smallest absolute Gasteiger partial charge is 0.230 e. The highest BCUT2D eigenvalue weighted by Crippen LogP contribution is 2.38. The highest BCUT2D eigenvalue weighted by molar-refractivity contribution is 5.83. The van der Waals surface area contributed by atoms with Crippen molar-refractivity contribution in [2.75, 3.05) is 19.6 Å². The summed E-state index contributed by atoms with van der Waals surface area (Å²) in [6.45, 7) is 6.18. The van der Waals surface area contributed by atoms with E-state index in [2.05, 4.69) is 0 Å². The van der Waals surface area contributed by atoms with Gasteiger partial charge >= 0.3 is 0 Å². The van der Waals surface area contributed by atoms with Gasteiger partial charge in [0.25, 0.3) is 0 Å². The lowest BCUT2D eigenvalue weighted by Crippen LogP contribution is -2.46. The molecule has 1 fully saturated rings. The van der Waals surface area contributed by atoms with Crippen molar-refractivity contribution in [3.05, 3.63) is 0 Å². The standard InChI is InChI=1S/C11H22N2O/c1-3-13(4-2)10(14)11(9-12)7-5-6-8-11/h3-9,12H2,1-2H3. The zero-order valence-corrected chi connectivity index (χ0v) is 9.38. The minimum atomic E-state index is -0.216. The first kappa shape index (κ1) is 11.5. The molecule has 0 heterocycles. The second kappa shape index (κ2) is 4.78. The van der Waals surface area contributed by atoms with Crippen LogP contribution in [-0.4, -0.2) is 30.4 Å². The second-order valence-corrected chi connectivity index (χ2v) is 4.17. The topological polar surface area (TPSA) is 46.3 Å². The molecule has 0 aromatic rings. The van der Waals surface area contributed by atoms with Crippen LogP contribution in [0.15, 0.2) is 0 Å². The quantitative estimate of drug-likeness (QED) is 0.741. The third-order valence-electron chi connectivity index (χ3n) is 3.46. The van der Waals surface area contributed by atoms with Gasteiger partial charge < -0.3 is 10.6 Å². The van der Waals surface area contributed by atoms with Gasteiger partial charge in [0.05, 0.1) is 5.41 Å². The molecular formula is C11H22N2O. The van der Waals surface area contributed by atoms with E-state index in [9.17, 15) is 4.79 Å². The van der Waals surface area contributed by atoms with Crippen molar-refractivity contribution in [3.8, 4) is 0 Å². The summed E-state index contributed by atoms with van der Waals surface area (Å²) in [4.78, 5) is 14.1. The van der Waals surface area contributed by atoms with Crippen molar-refractivity contribution in [2.45, 2.75) is 39.5 Å². The molecule has 3 nitrogen and oxygen atoms in total. The number of nitrogens with zero attached hydrogens (tertiary/aromatic N) is 1. The summed E-state index contributed by atoms with van der Waals surface area (Å²) in [6, 6.07) is 0. The Morgan fingerprint density at radius 1 is 1.29 bits per heavy atom. The molecular weight excluding hydrogens is 176 g/mol. The molecule has 14 heavy (non-hydrogen) atoms. The summed E-state index contributed by atoms with van der Waals surface area (Å²) >= 11 is 0. The fourth-order valence-corrected chi connectivity index (χ4v) is 2.40. The van der Waals surface area contributed by atoms with Gasteiger partial charge in [-0.1, -0.05) is 12.8 Å². The molecule has 0 aliphatic heterocycles. The van der Waals surface area contributed by atoms with E-state index in [1.165, 1.54) is 0 Å². The Morgan fingerprint density at radius 2 is 1.79 bits per heavy atom. The van der Waals surface area contributed by atoms with E-state index in [-0.39, 0.29) is 11.3 Å². The summed E-state index contributed by atoms with van der Waals surface area (Å²) < 4.78 is 0. The van der Waals surface area contributed by atoms with Gasteiger partial charge in [-0.25, -0.2) is 0 Å². The predicted molar refractivity (Wildman–Crippen MR) is 57.9 cm³/mol. The molecule has 0 aromatic heterocycles. The van der Waals surface area contributed by atoms with Crippen LogP contribution in [0.5, 0.6) is 0 Å². The van der Waals surface area contributed by atoms with Crippen molar-refractivity contribution >= 4 is 5.91 Å². The molecule has 0 unspecified atom stereocenters. The van der Waals surface area contributed by atoms with Gasteiger partial charge in [-0.05, 0) is 26.7 Å². The average Bonchev–Trinajstić information content (AvgIpc) is 2.69. The lowest BCUT2D eigenvalue weighted by molar-refractivity contribution is -0.141. The molecule has 1 saturated carbocycles. The minimum absolute atomic E-state index is 0.216. The molecule has 0 radical (unpaired) electrons. The fourth-order valence-electron chi connectivity index (χ4n) is 2.40. The molecule has 3 heteroatoms. The molecule has 0 atom stereocenters. The highest BCUT2D eigenvalue weighted by atomic mass is 16.2. The van der Waals surface area contributed by atoms with Crippen LogP contribution >= 0.6 is 0 Å². The highest BCUT2D eigenvalue weighted by Gasteiger charge is 2.41. The van der Waals surface area contributed by atoms with Crippen molar-refractivity contribution in [1.82, 2.24) is 4.90 Å². The molecule has 1 amide bonds. The van der Waals surface area contributed by atoms with Gasteiger partial charge in [-0.3, -0.25) is 4.79 Å². The molecule has 0 aromatic carbocycles. The summed E-state index contributed by atoms with van der Waals surface area (Å²) in [6.07, 6.45) is 4.28. The summed E-state index contributed by atoms with van der Waals surface area (Å²) in [5, 5.41) is 0. The molecule has 0 spiro atoms. The zero-order chi connectivity index (χ0) is 10.6. The monoisotopic (exact) mass is 198 g/mol. The third kappa shape index (κ3) is 1.92.